The summed E-state index contributed by atoms with van der Waals surface area (Å²) < 4.78 is 5.10. The molecule has 0 atom stereocenters. The molecule has 0 saturated carbocycles. The molecular weight excluding hydrogens is 184 g/mol. The van der Waals surface area contributed by atoms with Gasteiger partial charge in [-0.15, -0.1) is 0 Å². The highest BCUT2D eigenvalue weighted by Gasteiger charge is 2.25. The largest absolute Gasteiger partial charge is 0.478 e. The molecule has 0 radical (unpaired) electrons. The zero-order valence-electron chi connectivity index (χ0n) is 7.58. The fourth-order valence-corrected chi connectivity index (χ4v) is 1.74. The van der Waals surface area contributed by atoms with Gasteiger partial charge in [0.15, 0.2) is 5.78 Å². The average Bonchev–Trinajstić information content (AvgIpc) is 2.48. The number of hydrogen-bond donors (Lipinski definition) is 1. The minimum Gasteiger partial charge on any atom is -0.478 e. The van der Waals surface area contributed by atoms with Crippen LogP contribution in [0.3, 0.4) is 0 Å². The van der Waals surface area contributed by atoms with Crippen LogP contribution in [0.1, 0.15) is 45.7 Å². The van der Waals surface area contributed by atoms with Crippen molar-refractivity contribution in [3.8, 4) is 0 Å². The molecule has 0 amide bonds. The normalized spacial score (nSPS) is 16.1. The van der Waals surface area contributed by atoms with Gasteiger partial charge in [0.25, 0.3) is 0 Å². The van der Waals surface area contributed by atoms with Crippen molar-refractivity contribution in [3.63, 3.8) is 0 Å². The molecule has 0 saturated heterocycles. The van der Waals surface area contributed by atoms with Crippen LogP contribution >= 0.6 is 0 Å². The van der Waals surface area contributed by atoms with Crippen molar-refractivity contribution in [2.45, 2.75) is 25.7 Å². The van der Waals surface area contributed by atoms with Gasteiger partial charge in [-0.1, -0.05) is 0 Å². The first kappa shape index (κ1) is 8.99. The van der Waals surface area contributed by atoms with Crippen molar-refractivity contribution in [2.24, 2.45) is 0 Å². The number of Topliss-reactive ketones (excluding diaryl/α,β-unsaturated/α-hetero) is 1. The number of hydrogen-bond acceptors (Lipinski definition) is 3. The van der Waals surface area contributed by atoms with Gasteiger partial charge in [-0.3, -0.25) is 4.79 Å². The third-order valence-corrected chi connectivity index (χ3v) is 2.43. The lowest BCUT2D eigenvalue weighted by molar-refractivity contribution is 0.0691. The van der Waals surface area contributed by atoms with Gasteiger partial charge in [0, 0.05) is 12.8 Å². The third kappa shape index (κ3) is 1.32. The quantitative estimate of drug-likeness (QED) is 0.693. The Morgan fingerprint density at radius 2 is 2.07 bits per heavy atom. The van der Waals surface area contributed by atoms with Crippen LogP contribution in [-0.4, -0.2) is 16.9 Å². The van der Waals surface area contributed by atoms with Crippen LogP contribution in [0.2, 0.25) is 0 Å². The van der Waals surface area contributed by atoms with Crippen molar-refractivity contribution in [1.82, 2.24) is 0 Å². The van der Waals surface area contributed by atoms with E-state index in [9.17, 15) is 9.59 Å². The molecule has 1 N–H and O–H groups in total. The number of carboxylic acid groups (broad SMARTS) is 1. The molecular formula is C10H10O4. The van der Waals surface area contributed by atoms with Crippen LogP contribution < -0.4 is 0 Å². The van der Waals surface area contributed by atoms with Crippen molar-refractivity contribution in [1.29, 1.82) is 0 Å². The standard InChI is InChI=1S/C10H10O4/c11-7-3-1-2-4-8-9(7)6(5-14-8)10(12)13/h5H,1-4H2,(H,12,13). The molecule has 1 aliphatic carbocycles. The van der Waals surface area contributed by atoms with Gasteiger partial charge in [0.2, 0.25) is 0 Å². The molecule has 1 aromatic heterocycles. The van der Waals surface area contributed by atoms with Crippen LogP contribution in [-0.2, 0) is 6.42 Å². The maximum absolute atomic E-state index is 11.6. The number of aryl methyl sites for hydroxylation is 1. The first-order valence-electron chi connectivity index (χ1n) is 4.57. The summed E-state index contributed by atoms with van der Waals surface area (Å²) in [4.78, 5) is 22.3. The molecule has 0 unspecified atom stereocenters. The van der Waals surface area contributed by atoms with E-state index in [-0.39, 0.29) is 16.9 Å². The molecule has 0 fully saturated rings. The first-order chi connectivity index (χ1) is 6.70. The van der Waals surface area contributed by atoms with Crippen LogP contribution in [0.25, 0.3) is 0 Å². The highest BCUT2D eigenvalue weighted by Crippen LogP contribution is 2.25. The maximum Gasteiger partial charge on any atom is 0.339 e. The Morgan fingerprint density at radius 1 is 1.36 bits per heavy atom. The van der Waals surface area contributed by atoms with Gasteiger partial charge >= 0.3 is 5.97 Å². The van der Waals surface area contributed by atoms with Gasteiger partial charge in [-0.25, -0.2) is 4.79 Å². The molecule has 1 aromatic rings. The number of aromatic carboxylic acids is 1. The van der Waals surface area contributed by atoms with E-state index in [0.29, 0.717) is 18.6 Å². The molecule has 4 nitrogen and oxygen atoms in total. The SMILES string of the molecule is O=C(O)c1coc2c1C(=O)CCCC2. The van der Waals surface area contributed by atoms with Gasteiger partial charge in [-0.05, 0) is 12.8 Å². The zero-order chi connectivity index (χ0) is 10.1. The minimum atomic E-state index is -1.09. The molecule has 74 valence electrons. The number of carbonyl (C=O) groups is 2. The Bertz CT molecular complexity index is 389. The van der Waals surface area contributed by atoms with E-state index in [1.807, 2.05) is 0 Å². The van der Waals surface area contributed by atoms with Gasteiger partial charge in [0.1, 0.15) is 17.6 Å². The van der Waals surface area contributed by atoms with Crippen LogP contribution in [0.4, 0.5) is 0 Å². The summed E-state index contributed by atoms with van der Waals surface area (Å²) in [6.45, 7) is 0. The lowest BCUT2D eigenvalue weighted by Gasteiger charge is -1.95. The molecule has 0 aliphatic heterocycles. The summed E-state index contributed by atoms with van der Waals surface area (Å²) in [5.74, 6) is -0.668. The van der Waals surface area contributed by atoms with E-state index < -0.39 is 5.97 Å². The predicted octanol–water partition coefficient (Wildman–Crippen LogP) is 1.89. The summed E-state index contributed by atoms with van der Waals surface area (Å²) in [6.07, 6.45) is 3.94. The summed E-state index contributed by atoms with van der Waals surface area (Å²) in [5.41, 5.74) is 0.293. The van der Waals surface area contributed by atoms with Crippen LogP contribution in [0, 0.1) is 0 Å². The molecule has 1 heterocycles. The van der Waals surface area contributed by atoms with Gasteiger partial charge < -0.3 is 9.52 Å². The molecule has 4 heteroatoms. The fourth-order valence-electron chi connectivity index (χ4n) is 1.74. The minimum absolute atomic E-state index is 0.00639. The number of carboxylic acids is 1. The van der Waals surface area contributed by atoms with E-state index >= 15 is 0 Å². The second-order valence-electron chi connectivity index (χ2n) is 3.38. The summed E-state index contributed by atoms with van der Waals surface area (Å²) >= 11 is 0. The molecule has 2 rings (SSSR count). The Kier molecular flexibility index (Phi) is 2.11. The lowest BCUT2D eigenvalue weighted by atomic mass is 10.1. The Morgan fingerprint density at radius 3 is 2.79 bits per heavy atom. The van der Waals surface area contributed by atoms with Gasteiger partial charge in [0.05, 0.1) is 5.56 Å². The Hall–Kier alpha value is -1.58. The third-order valence-electron chi connectivity index (χ3n) is 2.43. The molecule has 1 aliphatic rings. The molecule has 0 aromatic carbocycles. The highest BCUT2D eigenvalue weighted by atomic mass is 16.4. The summed E-state index contributed by atoms with van der Waals surface area (Å²) in [7, 11) is 0. The number of rotatable bonds is 1. The van der Waals surface area contributed by atoms with E-state index in [4.69, 9.17) is 9.52 Å². The second-order valence-corrected chi connectivity index (χ2v) is 3.38. The Balaban J connectivity index is 2.52. The van der Waals surface area contributed by atoms with E-state index in [1.54, 1.807) is 0 Å². The topological polar surface area (TPSA) is 67.5 Å². The smallest absolute Gasteiger partial charge is 0.339 e. The van der Waals surface area contributed by atoms with Crippen molar-refractivity contribution < 1.29 is 19.1 Å². The van der Waals surface area contributed by atoms with E-state index in [0.717, 1.165) is 19.1 Å². The Labute approximate surface area is 80.5 Å². The highest BCUT2D eigenvalue weighted by molar-refractivity contribution is 6.06. The lowest BCUT2D eigenvalue weighted by Crippen LogP contribution is -2.06. The molecule has 0 spiro atoms. The maximum atomic E-state index is 11.6. The monoisotopic (exact) mass is 194 g/mol. The van der Waals surface area contributed by atoms with Gasteiger partial charge in [-0.2, -0.15) is 0 Å². The van der Waals surface area contributed by atoms with Crippen LogP contribution in [0.5, 0.6) is 0 Å². The van der Waals surface area contributed by atoms with Crippen molar-refractivity contribution >= 4 is 11.8 Å². The zero-order valence-corrected chi connectivity index (χ0v) is 7.58. The van der Waals surface area contributed by atoms with Crippen LogP contribution in [0.15, 0.2) is 10.7 Å². The number of furan rings is 1. The first-order valence-corrected chi connectivity index (χ1v) is 4.57. The number of ketones is 1. The van der Waals surface area contributed by atoms with Crippen molar-refractivity contribution in [3.05, 3.63) is 23.2 Å². The van der Waals surface area contributed by atoms with E-state index in [1.165, 1.54) is 0 Å². The van der Waals surface area contributed by atoms with E-state index in [2.05, 4.69) is 0 Å². The number of fused-ring (bicyclic) bond motifs is 1. The predicted molar refractivity (Wildman–Crippen MR) is 47.6 cm³/mol. The molecule has 14 heavy (non-hydrogen) atoms. The van der Waals surface area contributed by atoms with Crippen molar-refractivity contribution in [2.75, 3.05) is 0 Å². The average molecular weight is 194 g/mol. The fraction of sp³-hybridized carbons (Fsp3) is 0.400. The number of carbonyl (C=O) groups excluding carboxylic acids is 1. The molecule has 0 bridgehead atoms. The summed E-state index contributed by atoms with van der Waals surface area (Å²) in [5, 5.41) is 8.83. The second kappa shape index (κ2) is 3.29. The summed E-state index contributed by atoms with van der Waals surface area (Å²) in [6, 6.07) is 0.